The topological polar surface area (TPSA) is 214 Å². The number of amides is 4. The first kappa shape index (κ1) is 28.9. The smallest absolute Gasteiger partial charge is 0.326 e. The average molecular weight is 514 g/mol. The number of aliphatic hydroxyl groups excluding tert-OH is 1. The Balaban J connectivity index is 2.13. The third kappa shape index (κ3) is 9.70. The van der Waals surface area contributed by atoms with Gasteiger partial charge in [0, 0.05) is 6.42 Å². The number of nitrogens with one attached hydrogen (secondary N) is 3. The van der Waals surface area contributed by atoms with Crippen LogP contribution < -0.4 is 27.4 Å². The number of hydrogen-bond acceptors (Lipinski definition) is 7. The average Bonchev–Trinajstić information content (AvgIpc) is 2.87. The second-order valence-corrected chi connectivity index (χ2v) is 8.36. The quantitative estimate of drug-likeness (QED) is 0.153. The van der Waals surface area contributed by atoms with Gasteiger partial charge in [0.1, 0.15) is 18.1 Å². The number of carboxylic acid groups (broad SMARTS) is 1. The molecule has 0 aromatic heterocycles. The van der Waals surface area contributed by atoms with Crippen LogP contribution >= 0.6 is 0 Å². The van der Waals surface area contributed by atoms with Gasteiger partial charge in [-0.15, -0.1) is 0 Å². The zero-order chi connectivity index (χ0) is 27.4. The van der Waals surface area contributed by atoms with Crippen molar-refractivity contribution in [2.24, 2.45) is 11.5 Å². The van der Waals surface area contributed by atoms with Crippen LogP contribution in [0.5, 0.6) is 0 Å². The molecule has 4 unspecified atom stereocenters. The molecule has 2 aromatic carbocycles. The maximum atomic E-state index is 13.1. The summed E-state index contributed by atoms with van der Waals surface area (Å²) in [4.78, 5) is 60.8. The summed E-state index contributed by atoms with van der Waals surface area (Å²) < 4.78 is 0. The summed E-state index contributed by atoms with van der Waals surface area (Å²) in [6.45, 7) is -0.875. The minimum Gasteiger partial charge on any atom is -0.480 e. The van der Waals surface area contributed by atoms with Crippen LogP contribution in [0.4, 0.5) is 0 Å². The van der Waals surface area contributed by atoms with Gasteiger partial charge in [-0.2, -0.15) is 0 Å². The van der Waals surface area contributed by atoms with Gasteiger partial charge in [-0.25, -0.2) is 4.79 Å². The summed E-state index contributed by atoms with van der Waals surface area (Å²) >= 11 is 0. The molecule has 4 atom stereocenters. The van der Waals surface area contributed by atoms with E-state index in [-0.39, 0.29) is 12.8 Å². The molecule has 0 radical (unpaired) electrons. The summed E-state index contributed by atoms with van der Waals surface area (Å²) in [7, 11) is 0. The lowest BCUT2D eigenvalue weighted by Crippen LogP contribution is -2.58. The van der Waals surface area contributed by atoms with Crippen LogP contribution in [0.25, 0.3) is 0 Å². The van der Waals surface area contributed by atoms with Gasteiger partial charge in [0.15, 0.2) is 0 Å². The molecule has 0 aliphatic rings. The second-order valence-electron chi connectivity index (χ2n) is 8.36. The molecule has 12 nitrogen and oxygen atoms in total. The van der Waals surface area contributed by atoms with E-state index in [0.29, 0.717) is 5.56 Å². The normalized spacial score (nSPS) is 13.9. The molecule has 198 valence electrons. The zero-order valence-corrected chi connectivity index (χ0v) is 20.0. The molecule has 0 heterocycles. The van der Waals surface area contributed by atoms with Crippen molar-refractivity contribution in [3.8, 4) is 0 Å². The van der Waals surface area contributed by atoms with Crippen LogP contribution in [0.1, 0.15) is 17.5 Å². The van der Waals surface area contributed by atoms with Gasteiger partial charge < -0.3 is 37.6 Å². The van der Waals surface area contributed by atoms with Crippen molar-refractivity contribution in [3.05, 3.63) is 71.8 Å². The first-order chi connectivity index (χ1) is 17.6. The van der Waals surface area contributed by atoms with E-state index in [4.69, 9.17) is 11.5 Å². The highest BCUT2D eigenvalue weighted by molar-refractivity contribution is 5.95. The van der Waals surface area contributed by atoms with E-state index < -0.39 is 66.8 Å². The maximum absolute atomic E-state index is 13.1. The third-order valence-electron chi connectivity index (χ3n) is 5.39. The van der Waals surface area contributed by atoms with E-state index >= 15 is 0 Å². The fourth-order valence-electron chi connectivity index (χ4n) is 3.44. The minimum atomic E-state index is -1.65. The molecule has 0 spiro atoms. The van der Waals surface area contributed by atoms with Crippen molar-refractivity contribution in [1.82, 2.24) is 16.0 Å². The van der Waals surface area contributed by atoms with Crippen LogP contribution in [-0.2, 0) is 36.8 Å². The number of benzene rings is 2. The predicted octanol–water partition coefficient (Wildman–Crippen LogP) is -1.79. The summed E-state index contributed by atoms with van der Waals surface area (Å²) in [5.41, 5.74) is 12.6. The van der Waals surface area contributed by atoms with Crippen LogP contribution in [0, 0.1) is 0 Å². The molecule has 0 saturated heterocycles. The molecule has 37 heavy (non-hydrogen) atoms. The van der Waals surface area contributed by atoms with E-state index in [1.54, 1.807) is 30.3 Å². The number of primary amides is 1. The van der Waals surface area contributed by atoms with E-state index in [1.807, 2.05) is 30.3 Å². The van der Waals surface area contributed by atoms with Crippen molar-refractivity contribution in [3.63, 3.8) is 0 Å². The van der Waals surface area contributed by atoms with Gasteiger partial charge in [-0.1, -0.05) is 60.7 Å². The first-order valence-corrected chi connectivity index (χ1v) is 11.5. The maximum Gasteiger partial charge on any atom is 0.326 e. The van der Waals surface area contributed by atoms with E-state index in [1.165, 1.54) is 0 Å². The largest absolute Gasteiger partial charge is 0.480 e. The Morgan fingerprint density at radius 2 is 1.16 bits per heavy atom. The minimum absolute atomic E-state index is 0.0513. The van der Waals surface area contributed by atoms with E-state index in [0.717, 1.165) is 5.56 Å². The monoisotopic (exact) mass is 513 g/mol. The lowest BCUT2D eigenvalue weighted by atomic mass is 10.0. The molecular weight excluding hydrogens is 482 g/mol. The van der Waals surface area contributed by atoms with Gasteiger partial charge in [-0.3, -0.25) is 19.2 Å². The summed E-state index contributed by atoms with van der Waals surface area (Å²) in [6, 6.07) is 12.5. The van der Waals surface area contributed by atoms with Crippen LogP contribution in [0.3, 0.4) is 0 Å². The van der Waals surface area contributed by atoms with Crippen LogP contribution in [0.15, 0.2) is 60.7 Å². The van der Waals surface area contributed by atoms with Gasteiger partial charge in [0.25, 0.3) is 0 Å². The predicted molar refractivity (Wildman–Crippen MR) is 133 cm³/mol. The van der Waals surface area contributed by atoms with Gasteiger partial charge in [0.05, 0.1) is 19.1 Å². The Hall–Kier alpha value is -4.29. The lowest BCUT2D eigenvalue weighted by molar-refractivity contribution is -0.144. The first-order valence-electron chi connectivity index (χ1n) is 11.5. The Morgan fingerprint density at radius 1 is 0.703 bits per heavy atom. The molecule has 0 saturated carbocycles. The number of rotatable bonds is 14. The fraction of sp³-hybridized carbons (Fsp3) is 0.320. The Kier molecular flexibility index (Phi) is 11.2. The Morgan fingerprint density at radius 3 is 1.65 bits per heavy atom. The highest BCUT2D eigenvalue weighted by Gasteiger charge is 2.30. The van der Waals surface area contributed by atoms with Gasteiger partial charge in [0.2, 0.25) is 23.6 Å². The highest BCUT2D eigenvalue weighted by atomic mass is 16.4. The number of nitrogens with two attached hydrogens (primary N) is 2. The van der Waals surface area contributed by atoms with Crippen molar-refractivity contribution in [2.45, 2.75) is 43.4 Å². The van der Waals surface area contributed by atoms with Gasteiger partial charge in [-0.05, 0) is 17.5 Å². The molecule has 0 fully saturated rings. The third-order valence-corrected chi connectivity index (χ3v) is 5.39. The van der Waals surface area contributed by atoms with Gasteiger partial charge >= 0.3 is 5.97 Å². The Bertz CT molecular complexity index is 1080. The van der Waals surface area contributed by atoms with Crippen LogP contribution in [0.2, 0.25) is 0 Å². The lowest BCUT2D eigenvalue weighted by Gasteiger charge is -2.24. The molecule has 2 aromatic rings. The van der Waals surface area contributed by atoms with Crippen molar-refractivity contribution in [2.75, 3.05) is 6.61 Å². The molecular formula is C25H31N5O7. The number of carboxylic acids is 1. The number of aliphatic hydroxyl groups is 1. The standard InChI is InChI=1S/C25H31N5O7/c26-17(11-15-7-3-1-4-8-15)22(33)28-18(12-16-9-5-2-6-10-16)23(34)30-20(14-31)24(35)29-19(25(36)37)13-21(27)32/h1-10,17-20,31H,11-14,26H2,(H2,27,32)(H,28,33)(H,29,35)(H,30,34)(H,36,37). The number of carbonyl (C=O) groups is 5. The molecule has 9 N–H and O–H groups in total. The Labute approximate surface area is 213 Å². The summed E-state index contributed by atoms with van der Waals surface area (Å²) in [5.74, 6) is -4.93. The van der Waals surface area contributed by atoms with Crippen molar-refractivity contribution < 1.29 is 34.2 Å². The molecule has 4 amide bonds. The highest BCUT2D eigenvalue weighted by Crippen LogP contribution is 2.06. The molecule has 12 heteroatoms. The van der Waals surface area contributed by atoms with Crippen LogP contribution in [-0.4, -0.2) is 70.6 Å². The molecule has 0 aliphatic heterocycles. The molecule has 0 aliphatic carbocycles. The summed E-state index contributed by atoms with van der Waals surface area (Å²) in [6.07, 6.45) is -0.403. The van der Waals surface area contributed by atoms with Crippen molar-refractivity contribution >= 4 is 29.6 Å². The van der Waals surface area contributed by atoms with E-state index in [9.17, 15) is 34.2 Å². The molecule has 2 rings (SSSR count). The number of aliphatic carboxylic acids is 1. The van der Waals surface area contributed by atoms with E-state index in [2.05, 4.69) is 16.0 Å². The number of carbonyl (C=O) groups excluding carboxylic acids is 4. The van der Waals surface area contributed by atoms with Crippen molar-refractivity contribution in [1.29, 1.82) is 0 Å². The fourth-order valence-corrected chi connectivity index (χ4v) is 3.44. The summed E-state index contributed by atoms with van der Waals surface area (Å²) in [5, 5.41) is 25.8. The second kappa shape index (κ2) is 14.3. The number of hydrogen-bond donors (Lipinski definition) is 7. The zero-order valence-electron chi connectivity index (χ0n) is 20.0. The SMILES string of the molecule is NC(=O)CC(NC(=O)C(CO)NC(=O)C(Cc1ccccc1)NC(=O)C(N)Cc1ccccc1)C(=O)O. The molecule has 0 bridgehead atoms.